The average Bonchev–Trinajstić information content (AvgIpc) is 3.01. The lowest BCUT2D eigenvalue weighted by molar-refractivity contribution is 1.32. The van der Waals surface area contributed by atoms with Crippen LogP contribution in [-0.4, -0.2) is 15.0 Å². The molecule has 0 radical (unpaired) electrons. The fourth-order valence-corrected chi connectivity index (χ4v) is 5.12. The average molecular weight is 486 g/mol. The summed E-state index contributed by atoms with van der Waals surface area (Å²) in [5, 5.41) is 2.19. The van der Waals surface area contributed by atoms with Gasteiger partial charge in [-0.25, -0.2) is 4.98 Å². The molecule has 0 saturated heterocycles. The molecule has 0 aliphatic rings. The van der Waals surface area contributed by atoms with E-state index in [2.05, 4.69) is 102 Å². The van der Waals surface area contributed by atoms with Gasteiger partial charge in [-0.15, -0.1) is 0 Å². The van der Waals surface area contributed by atoms with Crippen LogP contribution in [0.2, 0.25) is 0 Å². The summed E-state index contributed by atoms with van der Waals surface area (Å²) in [7, 11) is 0. The molecule has 0 unspecified atom stereocenters. The zero-order valence-corrected chi connectivity index (χ0v) is 20.6. The lowest BCUT2D eigenvalue weighted by Crippen LogP contribution is -1.94. The van der Waals surface area contributed by atoms with E-state index in [0.717, 1.165) is 61.0 Å². The molecule has 38 heavy (non-hydrogen) atoms. The van der Waals surface area contributed by atoms with Crippen molar-refractivity contribution < 1.29 is 0 Å². The highest BCUT2D eigenvalue weighted by Crippen LogP contribution is 2.37. The van der Waals surface area contributed by atoms with Crippen molar-refractivity contribution in [3.8, 4) is 44.8 Å². The number of benzene rings is 4. The van der Waals surface area contributed by atoms with E-state index >= 15 is 0 Å². The zero-order valence-electron chi connectivity index (χ0n) is 20.6. The van der Waals surface area contributed by atoms with Gasteiger partial charge < -0.3 is 0 Å². The first-order valence-electron chi connectivity index (χ1n) is 12.7. The van der Waals surface area contributed by atoms with Crippen LogP contribution in [0.3, 0.4) is 0 Å². The van der Waals surface area contributed by atoms with Crippen LogP contribution in [0.5, 0.6) is 0 Å². The summed E-state index contributed by atoms with van der Waals surface area (Å²) in [6, 6.07) is 44.1. The minimum atomic E-state index is 0.908. The van der Waals surface area contributed by atoms with E-state index in [4.69, 9.17) is 9.97 Å². The van der Waals surface area contributed by atoms with Crippen molar-refractivity contribution in [2.75, 3.05) is 0 Å². The van der Waals surface area contributed by atoms with Crippen LogP contribution in [-0.2, 0) is 0 Å². The molecule has 0 bridgehead atoms. The smallest absolute Gasteiger partial charge is 0.0978 e. The van der Waals surface area contributed by atoms with E-state index in [1.807, 2.05) is 42.7 Å². The Morgan fingerprint density at radius 1 is 0.368 bits per heavy atom. The molecule has 7 rings (SSSR count). The first kappa shape index (κ1) is 22.1. The molecule has 3 heterocycles. The van der Waals surface area contributed by atoms with E-state index in [1.54, 1.807) is 0 Å². The molecule has 3 nitrogen and oxygen atoms in total. The Morgan fingerprint density at radius 2 is 0.974 bits per heavy atom. The van der Waals surface area contributed by atoms with Crippen LogP contribution < -0.4 is 0 Å². The largest absolute Gasteiger partial charge is 0.256 e. The molecule has 3 aromatic heterocycles. The summed E-state index contributed by atoms with van der Waals surface area (Å²) >= 11 is 0. The highest BCUT2D eigenvalue weighted by Gasteiger charge is 2.15. The molecular formula is C35H23N3. The van der Waals surface area contributed by atoms with Gasteiger partial charge in [-0.05, 0) is 46.5 Å². The minimum Gasteiger partial charge on any atom is -0.256 e. The number of nitrogens with zero attached hydrogens (tertiary/aromatic N) is 3. The molecule has 3 heteroatoms. The van der Waals surface area contributed by atoms with Crippen molar-refractivity contribution in [1.29, 1.82) is 0 Å². The van der Waals surface area contributed by atoms with Gasteiger partial charge in [-0.1, -0.05) is 103 Å². The van der Waals surface area contributed by atoms with Gasteiger partial charge in [0.05, 0.1) is 22.4 Å². The van der Waals surface area contributed by atoms with E-state index in [1.165, 1.54) is 5.56 Å². The van der Waals surface area contributed by atoms with Gasteiger partial charge >= 0.3 is 0 Å². The number of hydrogen-bond donors (Lipinski definition) is 0. The molecule has 178 valence electrons. The fourth-order valence-electron chi connectivity index (χ4n) is 5.12. The summed E-state index contributed by atoms with van der Waals surface area (Å²) in [6.45, 7) is 0. The lowest BCUT2D eigenvalue weighted by atomic mass is 9.95. The maximum absolute atomic E-state index is 5.22. The summed E-state index contributed by atoms with van der Waals surface area (Å²) in [6.07, 6.45) is 3.71. The van der Waals surface area contributed by atoms with Crippen molar-refractivity contribution in [3.63, 3.8) is 0 Å². The van der Waals surface area contributed by atoms with Gasteiger partial charge in [0.15, 0.2) is 0 Å². The van der Waals surface area contributed by atoms with Gasteiger partial charge in [0.2, 0.25) is 0 Å². The SMILES string of the molecule is c1ccc(-c2ccnc3c2ccc2c(-c4ccccc4)cc(-c4ccc(-c5ccccn5)cc4)nc23)cc1. The number of rotatable bonds is 4. The number of pyridine rings is 3. The van der Waals surface area contributed by atoms with Crippen molar-refractivity contribution in [2.24, 2.45) is 0 Å². The summed E-state index contributed by atoms with van der Waals surface area (Å²) in [4.78, 5) is 14.6. The van der Waals surface area contributed by atoms with Crippen molar-refractivity contribution in [1.82, 2.24) is 15.0 Å². The summed E-state index contributed by atoms with van der Waals surface area (Å²) < 4.78 is 0. The van der Waals surface area contributed by atoms with Crippen LogP contribution in [0.15, 0.2) is 140 Å². The molecule has 0 spiro atoms. The molecule has 0 aliphatic carbocycles. The topological polar surface area (TPSA) is 38.7 Å². The van der Waals surface area contributed by atoms with Crippen molar-refractivity contribution in [2.45, 2.75) is 0 Å². The van der Waals surface area contributed by atoms with E-state index in [0.29, 0.717) is 0 Å². The number of aromatic nitrogens is 3. The van der Waals surface area contributed by atoms with Crippen LogP contribution in [0, 0.1) is 0 Å². The molecule has 0 amide bonds. The van der Waals surface area contributed by atoms with E-state index in [9.17, 15) is 0 Å². The third kappa shape index (κ3) is 3.91. The Morgan fingerprint density at radius 3 is 1.63 bits per heavy atom. The quantitative estimate of drug-likeness (QED) is 0.234. The number of fused-ring (bicyclic) bond motifs is 3. The Bertz CT molecular complexity index is 1880. The van der Waals surface area contributed by atoms with Crippen LogP contribution in [0.1, 0.15) is 0 Å². The van der Waals surface area contributed by atoms with Gasteiger partial charge in [-0.2, -0.15) is 0 Å². The van der Waals surface area contributed by atoms with Gasteiger partial charge in [0, 0.05) is 34.3 Å². The molecular weight excluding hydrogens is 462 g/mol. The second-order valence-corrected chi connectivity index (χ2v) is 9.30. The maximum Gasteiger partial charge on any atom is 0.0978 e. The molecule has 0 saturated carbocycles. The predicted octanol–water partition coefficient (Wildman–Crippen LogP) is 8.85. The zero-order chi connectivity index (χ0) is 25.3. The molecule has 4 aromatic carbocycles. The monoisotopic (exact) mass is 485 g/mol. The first-order chi connectivity index (χ1) is 18.8. The van der Waals surface area contributed by atoms with Crippen LogP contribution in [0.4, 0.5) is 0 Å². The molecule has 7 aromatic rings. The van der Waals surface area contributed by atoms with Crippen LogP contribution >= 0.6 is 0 Å². The maximum atomic E-state index is 5.22. The predicted molar refractivity (Wildman–Crippen MR) is 157 cm³/mol. The van der Waals surface area contributed by atoms with Crippen molar-refractivity contribution in [3.05, 3.63) is 140 Å². The van der Waals surface area contributed by atoms with E-state index in [-0.39, 0.29) is 0 Å². The summed E-state index contributed by atoms with van der Waals surface area (Å²) in [5.74, 6) is 0. The molecule has 0 N–H and O–H groups in total. The third-order valence-electron chi connectivity index (χ3n) is 7.00. The van der Waals surface area contributed by atoms with E-state index < -0.39 is 0 Å². The Balaban J connectivity index is 1.47. The highest BCUT2D eigenvalue weighted by molar-refractivity contribution is 6.12. The molecule has 0 fully saturated rings. The van der Waals surface area contributed by atoms with Crippen molar-refractivity contribution >= 4 is 21.8 Å². The number of hydrogen-bond acceptors (Lipinski definition) is 3. The third-order valence-corrected chi connectivity index (χ3v) is 7.00. The fraction of sp³-hybridized carbons (Fsp3) is 0. The van der Waals surface area contributed by atoms with Gasteiger partial charge in [0.25, 0.3) is 0 Å². The minimum absolute atomic E-state index is 0.908. The Hall–Kier alpha value is -5.15. The molecule has 0 aliphatic heterocycles. The lowest BCUT2D eigenvalue weighted by Gasteiger charge is -2.14. The summed E-state index contributed by atoms with van der Waals surface area (Å²) in [5.41, 5.74) is 10.5. The molecule has 0 atom stereocenters. The van der Waals surface area contributed by atoms with Gasteiger partial charge in [0.1, 0.15) is 0 Å². The van der Waals surface area contributed by atoms with Crippen LogP contribution in [0.25, 0.3) is 66.6 Å². The normalized spacial score (nSPS) is 11.2. The second kappa shape index (κ2) is 9.38. The highest BCUT2D eigenvalue weighted by atomic mass is 14.8. The Kier molecular flexibility index (Phi) is 5.45. The standard InChI is InChI=1S/C35H23N3/c1-3-9-24(10-4-1)28-20-22-37-34-29(28)18-19-30-31(25-11-5-2-6-12-25)23-33(38-35(30)34)27-16-14-26(15-17-27)32-13-7-8-21-36-32/h1-23H. The first-order valence-corrected chi connectivity index (χ1v) is 12.7. The van der Waals surface area contributed by atoms with Gasteiger partial charge in [-0.3, -0.25) is 9.97 Å². The second-order valence-electron chi connectivity index (χ2n) is 9.30. The Labute approximate surface area is 221 Å².